The van der Waals surface area contributed by atoms with E-state index in [1.807, 2.05) is 60.7 Å². The highest BCUT2D eigenvalue weighted by Gasteiger charge is 2.59. The molecule has 1 fully saturated rings. The van der Waals surface area contributed by atoms with Gasteiger partial charge in [0.25, 0.3) is 0 Å². The molecule has 0 unspecified atom stereocenters. The molecule has 2 aliphatic rings. The van der Waals surface area contributed by atoms with Crippen LogP contribution in [0.4, 0.5) is 5.69 Å². The van der Waals surface area contributed by atoms with Gasteiger partial charge in [0.15, 0.2) is 5.78 Å². The summed E-state index contributed by atoms with van der Waals surface area (Å²) in [7, 11) is 0. The maximum absolute atomic E-state index is 13.9. The van der Waals surface area contributed by atoms with E-state index in [-0.39, 0.29) is 31.1 Å². The zero-order valence-corrected chi connectivity index (χ0v) is 18.5. The maximum atomic E-state index is 13.9. The van der Waals surface area contributed by atoms with E-state index < -0.39 is 23.4 Å². The molecule has 0 saturated carbocycles. The Balaban J connectivity index is 1.51. The summed E-state index contributed by atoms with van der Waals surface area (Å²) in [5.74, 6) is -1.88. The van der Waals surface area contributed by atoms with Crippen molar-refractivity contribution >= 4 is 23.3 Å². The van der Waals surface area contributed by atoms with Gasteiger partial charge >= 0.3 is 6.17 Å². The lowest BCUT2D eigenvalue weighted by atomic mass is 9.80. The van der Waals surface area contributed by atoms with E-state index >= 15 is 0 Å². The summed E-state index contributed by atoms with van der Waals surface area (Å²) < 4.78 is 0. The standard InChI is InChI=1S/C28H23N3O3/c1-29-24-17-28(22-14-8-9-15-23(22)30-27(28)34)18-31(24)26(33)21(16-19-10-4-2-5-11-19)25(32)20-12-6-3-7-13-20/h2-15,21,24H,16-18H2,(H,30,34)/t21-,24-,28-/m0/s1. The Morgan fingerprint density at radius 2 is 1.65 bits per heavy atom. The number of anilines is 1. The second-order valence-electron chi connectivity index (χ2n) is 8.83. The molecule has 6 heteroatoms. The van der Waals surface area contributed by atoms with Crippen LogP contribution in [0.1, 0.15) is 27.9 Å². The van der Waals surface area contributed by atoms with Crippen molar-refractivity contribution in [1.29, 1.82) is 0 Å². The highest BCUT2D eigenvalue weighted by molar-refractivity contribution is 6.11. The van der Waals surface area contributed by atoms with Gasteiger partial charge in [0.2, 0.25) is 11.8 Å². The van der Waals surface area contributed by atoms with Crippen LogP contribution in [0.2, 0.25) is 0 Å². The third-order valence-electron chi connectivity index (χ3n) is 6.84. The summed E-state index contributed by atoms with van der Waals surface area (Å²) in [6.45, 7) is 7.85. The number of hydrogen-bond donors (Lipinski definition) is 1. The average molecular weight is 450 g/mol. The number of nitrogens with one attached hydrogen (secondary N) is 1. The third kappa shape index (κ3) is 3.56. The van der Waals surface area contributed by atoms with Crippen LogP contribution in [0.3, 0.4) is 0 Å². The SMILES string of the molecule is [C-]#[N+][C@@H]1C[C@@]2(CN1C(=O)[C@@H](Cc1ccccc1)C(=O)c1ccccc1)C(=O)Nc1ccccc12. The summed E-state index contributed by atoms with van der Waals surface area (Å²) in [6.07, 6.45) is -0.376. The topological polar surface area (TPSA) is 70.8 Å². The minimum Gasteiger partial charge on any atom is -0.325 e. The summed E-state index contributed by atoms with van der Waals surface area (Å²) in [5.41, 5.74) is 1.86. The van der Waals surface area contributed by atoms with Gasteiger partial charge in [-0.05, 0) is 23.6 Å². The molecule has 3 atom stereocenters. The quantitative estimate of drug-likeness (QED) is 0.362. The maximum Gasteiger partial charge on any atom is 0.302 e. The highest BCUT2D eigenvalue weighted by atomic mass is 16.2. The van der Waals surface area contributed by atoms with Gasteiger partial charge in [-0.3, -0.25) is 24.1 Å². The Kier molecular flexibility index (Phi) is 5.46. The van der Waals surface area contributed by atoms with Crippen LogP contribution >= 0.6 is 0 Å². The number of carbonyl (C=O) groups excluding carboxylic acids is 3. The second kappa shape index (κ2) is 8.60. The molecule has 2 amide bonds. The fourth-order valence-electron chi connectivity index (χ4n) is 5.10. The summed E-state index contributed by atoms with van der Waals surface area (Å²) in [6, 6.07) is 25.6. The van der Waals surface area contributed by atoms with Crippen molar-refractivity contribution < 1.29 is 14.4 Å². The van der Waals surface area contributed by atoms with Gasteiger partial charge in [0, 0.05) is 17.8 Å². The zero-order chi connectivity index (χ0) is 23.7. The molecular formula is C28H23N3O3. The molecule has 34 heavy (non-hydrogen) atoms. The van der Waals surface area contributed by atoms with Crippen molar-refractivity contribution in [2.75, 3.05) is 11.9 Å². The van der Waals surface area contributed by atoms with Gasteiger partial charge in [0.05, 0.1) is 6.42 Å². The van der Waals surface area contributed by atoms with Crippen LogP contribution in [-0.2, 0) is 21.4 Å². The Morgan fingerprint density at radius 3 is 2.35 bits per heavy atom. The Bertz CT molecular complexity index is 1300. The molecule has 6 nitrogen and oxygen atoms in total. The van der Waals surface area contributed by atoms with Crippen LogP contribution in [0, 0.1) is 12.5 Å². The average Bonchev–Trinajstić information content (AvgIpc) is 3.41. The van der Waals surface area contributed by atoms with Crippen LogP contribution in [-0.4, -0.2) is 35.2 Å². The zero-order valence-electron chi connectivity index (χ0n) is 18.5. The molecule has 1 saturated heterocycles. The largest absolute Gasteiger partial charge is 0.325 e. The molecule has 1 N–H and O–H groups in total. The fraction of sp³-hybridized carbons (Fsp3) is 0.214. The van der Waals surface area contributed by atoms with Gasteiger partial charge in [-0.15, -0.1) is 0 Å². The molecule has 1 spiro atoms. The predicted molar refractivity (Wildman–Crippen MR) is 128 cm³/mol. The number of likely N-dealkylation sites (tertiary alicyclic amines) is 1. The number of Topliss-reactive ketones (excluding diaryl/α,β-unsaturated/α-hetero) is 1. The Morgan fingerprint density at radius 1 is 1.00 bits per heavy atom. The van der Waals surface area contributed by atoms with Crippen molar-refractivity contribution in [2.24, 2.45) is 5.92 Å². The first-order valence-corrected chi connectivity index (χ1v) is 11.2. The monoisotopic (exact) mass is 449 g/mol. The summed E-state index contributed by atoms with van der Waals surface area (Å²) >= 11 is 0. The molecule has 0 aliphatic carbocycles. The van der Waals surface area contributed by atoms with Gasteiger partial charge < -0.3 is 5.32 Å². The lowest BCUT2D eigenvalue weighted by molar-refractivity contribution is -0.134. The van der Waals surface area contributed by atoms with E-state index in [0.717, 1.165) is 11.1 Å². The molecular weight excluding hydrogens is 426 g/mol. The van der Waals surface area contributed by atoms with Crippen LogP contribution in [0.15, 0.2) is 84.9 Å². The molecule has 0 radical (unpaired) electrons. The number of fused-ring (bicyclic) bond motifs is 2. The van der Waals surface area contributed by atoms with Crippen molar-refractivity contribution in [1.82, 2.24) is 4.90 Å². The lowest BCUT2D eigenvalue weighted by Gasteiger charge is -2.25. The van der Waals surface area contributed by atoms with Gasteiger partial charge in [-0.1, -0.05) is 78.9 Å². The normalized spacial score (nSPS) is 21.6. The molecule has 5 rings (SSSR count). The highest BCUT2D eigenvalue weighted by Crippen LogP contribution is 2.47. The van der Waals surface area contributed by atoms with Crippen molar-refractivity contribution in [2.45, 2.75) is 24.4 Å². The predicted octanol–water partition coefficient (Wildman–Crippen LogP) is 4.10. The Labute approximate surface area is 198 Å². The molecule has 0 aromatic heterocycles. The van der Waals surface area contributed by atoms with Crippen LogP contribution in [0.5, 0.6) is 0 Å². The van der Waals surface area contributed by atoms with E-state index in [4.69, 9.17) is 6.57 Å². The van der Waals surface area contributed by atoms with E-state index in [0.29, 0.717) is 11.3 Å². The Hall–Kier alpha value is -4.24. The molecule has 2 aliphatic heterocycles. The molecule has 3 aromatic rings. The van der Waals surface area contributed by atoms with Crippen molar-refractivity contribution in [3.05, 3.63) is 113 Å². The van der Waals surface area contributed by atoms with Gasteiger partial charge in [0.1, 0.15) is 11.3 Å². The van der Waals surface area contributed by atoms with Crippen LogP contribution < -0.4 is 5.32 Å². The first kappa shape index (κ1) is 21.6. The third-order valence-corrected chi connectivity index (χ3v) is 6.84. The number of carbonyl (C=O) groups is 3. The minimum atomic E-state index is -0.982. The number of hydrogen-bond acceptors (Lipinski definition) is 3. The fourth-order valence-corrected chi connectivity index (χ4v) is 5.10. The summed E-state index contributed by atoms with van der Waals surface area (Å²) in [5, 5.41) is 2.91. The molecule has 2 heterocycles. The van der Waals surface area contributed by atoms with E-state index in [1.54, 1.807) is 24.3 Å². The number of amides is 2. The first-order valence-electron chi connectivity index (χ1n) is 11.2. The second-order valence-corrected chi connectivity index (χ2v) is 8.83. The van der Waals surface area contributed by atoms with E-state index in [9.17, 15) is 14.4 Å². The van der Waals surface area contributed by atoms with E-state index in [2.05, 4.69) is 10.2 Å². The lowest BCUT2D eigenvalue weighted by Crippen LogP contribution is -2.44. The smallest absolute Gasteiger partial charge is 0.302 e. The number of nitrogens with zero attached hydrogens (tertiary/aromatic N) is 2. The van der Waals surface area contributed by atoms with E-state index in [1.165, 1.54) is 4.90 Å². The van der Waals surface area contributed by atoms with Gasteiger partial charge in [-0.2, -0.15) is 0 Å². The van der Waals surface area contributed by atoms with Crippen molar-refractivity contribution in [3.63, 3.8) is 0 Å². The number of para-hydroxylation sites is 1. The van der Waals surface area contributed by atoms with Crippen molar-refractivity contribution in [3.8, 4) is 0 Å². The van der Waals surface area contributed by atoms with Crippen LogP contribution in [0.25, 0.3) is 4.85 Å². The first-order chi connectivity index (χ1) is 16.5. The number of benzene rings is 3. The number of ketones is 1. The molecule has 0 bridgehead atoms. The minimum absolute atomic E-state index is 0.0785. The number of rotatable bonds is 5. The van der Waals surface area contributed by atoms with Gasteiger partial charge in [-0.25, -0.2) is 6.57 Å². The molecule has 3 aromatic carbocycles. The molecule has 168 valence electrons. The summed E-state index contributed by atoms with van der Waals surface area (Å²) in [4.78, 5) is 45.7.